The highest BCUT2D eigenvalue weighted by Gasteiger charge is 2.07. The molecule has 0 bridgehead atoms. The van der Waals surface area contributed by atoms with Gasteiger partial charge in [0.15, 0.2) is 0 Å². The highest BCUT2D eigenvalue weighted by Crippen LogP contribution is 2.22. The third-order valence-corrected chi connectivity index (χ3v) is 3.61. The molecule has 1 aromatic rings. The van der Waals surface area contributed by atoms with E-state index in [0.717, 1.165) is 36.8 Å². The Morgan fingerprint density at radius 3 is 1.86 bits per heavy atom. The molecule has 0 amide bonds. The molecule has 0 N–H and O–H groups in total. The summed E-state index contributed by atoms with van der Waals surface area (Å²) in [5, 5.41) is 0. The standard InChI is InChI=1S/C12H16FI/c1-3-5-9-7-11(13)8-10(6-4-2)12(9)14/h7-8H,3-6H2,1-2H3. The molecule has 0 aliphatic rings. The molecule has 2 heteroatoms. The number of hydrogen-bond acceptors (Lipinski definition) is 0. The topological polar surface area (TPSA) is 0 Å². The summed E-state index contributed by atoms with van der Waals surface area (Å²) in [5.74, 6) is -0.0858. The molecule has 1 rings (SSSR count). The summed E-state index contributed by atoms with van der Waals surface area (Å²) in [5.41, 5.74) is 2.33. The van der Waals surface area contributed by atoms with Crippen molar-refractivity contribution in [3.8, 4) is 0 Å². The maximum Gasteiger partial charge on any atom is 0.123 e. The first-order valence-corrected chi connectivity index (χ1v) is 6.23. The minimum atomic E-state index is -0.0858. The fourth-order valence-electron chi connectivity index (χ4n) is 1.61. The van der Waals surface area contributed by atoms with Crippen molar-refractivity contribution >= 4 is 22.6 Å². The lowest BCUT2D eigenvalue weighted by molar-refractivity contribution is 0.621. The van der Waals surface area contributed by atoms with E-state index >= 15 is 0 Å². The predicted molar refractivity (Wildman–Crippen MR) is 67.1 cm³/mol. The van der Waals surface area contributed by atoms with Gasteiger partial charge in [-0.1, -0.05) is 26.7 Å². The van der Waals surface area contributed by atoms with Gasteiger partial charge in [-0.15, -0.1) is 0 Å². The molecule has 0 aliphatic carbocycles. The lowest BCUT2D eigenvalue weighted by Crippen LogP contribution is -1.97. The Bertz CT molecular complexity index is 280. The minimum absolute atomic E-state index is 0.0858. The summed E-state index contributed by atoms with van der Waals surface area (Å²) < 4.78 is 14.5. The monoisotopic (exact) mass is 306 g/mol. The van der Waals surface area contributed by atoms with Gasteiger partial charge in [-0.25, -0.2) is 4.39 Å². The average molecular weight is 306 g/mol. The van der Waals surface area contributed by atoms with Gasteiger partial charge in [0.1, 0.15) is 5.82 Å². The molecule has 0 aromatic heterocycles. The third kappa shape index (κ3) is 2.94. The SMILES string of the molecule is CCCc1cc(F)cc(CCC)c1I. The van der Waals surface area contributed by atoms with Crippen molar-refractivity contribution in [2.75, 3.05) is 0 Å². The number of hydrogen-bond donors (Lipinski definition) is 0. The molecule has 78 valence electrons. The van der Waals surface area contributed by atoms with E-state index in [0.29, 0.717) is 0 Å². The molecule has 14 heavy (non-hydrogen) atoms. The summed E-state index contributed by atoms with van der Waals surface area (Å²) in [6, 6.07) is 3.34. The quantitative estimate of drug-likeness (QED) is 0.726. The van der Waals surface area contributed by atoms with Crippen LogP contribution in [0, 0.1) is 9.39 Å². The van der Waals surface area contributed by atoms with Crippen molar-refractivity contribution in [2.24, 2.45) is 0 Å². The van der Waals surface area contributed by atoms with E-state index in [1.165, 1.54) is 3.57 Å². The van der Waals surface area contributed by atoms with Gasteiger partial charge < -0.3 is 0 Å². The number of halogens is 2. The van der Waals surface area contributed by atoms with E-state index in [2.05, 4.69) is 36.4 Å². The fraction of sp³-hybridized carbons (Fsp3) is 0.500. The first-order chi connectivity index (χ1) is 6.69. The molecule has 0 fully saturated rings. The highest BCUT2D eigenvalue weighted by atomic mass is 127. The van der Waals surface area contributed by atoms with Crippen LogP contribution in [-0.4, -0.2) is 0 Å². The van der Waals surface area contributed by atoms with Crippen LogP contribution in [0.25, 0.3) is 0 Å². The molecule has 0 saturated carbocycles. The number of rotatable bonds is 4. The van der Waals surface area contributed by atoms with Crippen LogP contribution < -0.4 is 0 Å². The molecular formula is C12H16FI. The zero-order chi connectivity index (χ0) is 10.6. The third-order valence-electron chi connectivity index (χ3n) is 2.23. The lowest BCUT2D eigenvalue weighted by atomic mass is 10.0. The second kappa shape index (κ2) is 5.69. The van der Waals surface area contributed by atoms with Gasteiger partial charge in [0.25, 0.3) is 0 Å². The first kappa shape index (κ1) is 12.0. The highest BCUT2D eigenvalue weighted by molar-refractivity contribution is 14.1. The minimum Gasteiger partial charge on any atom is -0.207 e. The Balaban J connectivity index is 3.04. The molecule has 0 aliphatic heterocycles. The summed E-state index contributed by atoms with van der Waals surface area (Å²) in [6.45, 7) is 4.25. The van der Waals surface area contributed by atoms with Crippen molar-refractivity contribution in [2.45, 2.75) is 39.5 Å². The molecule has 0 unspecified atom stereocenters. The van der Waals surface area contributed by atoms with Crippen molar-refractivity contribution in [3.63, 3.8) is 0 Å². The number of benzene rings is 1. The van der Waals surface area contributed by atoms with E-state index in [4.69, 9.17) is 0 Å². The zero-order valence-corrected chi connectivity index (χ0v) is 10.9. The van der Waals surface area contributed by atoms with Gasteiger partial charge in [-0.3, -0.25) is 0 Å². The van der Waals surface area contributed by atoms with Crippen molar-refractivity contribution in [3.05, 3.63) is 32.6 Å². The first-order valence-electron chi connectivity index (χ1n) is 5.15. The van der Waals surface area contributed by atoms with E-state index in [1.54, 1.807) is 12.1 Å². The zero-order valence-electron chi connectivity index (χ0n) is 8.74. The normalized spacial score (nSPS) is 10.6. The Kier molecular flexibility index (Phi) is 4.85. The van der Waals surface area contributed by atoms with Gasteiger partial charge in [-0.05, 0) is 58.7 Å². The van der Waals surface area contributed by atoms with Crippen LogP contribution >= 0.6 is 22.6 Å². The molecule has 0 spiro atoms. The fourth-order valence-corrected chi connectivity index (χ4v) is 2.46. The van der Waals surface area contributed by atoms with E-state index in [9.17, 15) is 4.39 Å². The molecule has 0 atom stereocenters. The van der Waals surface area contributed by atoms with Gasteiger partial charge in [0, 0.05) is 3.57 Å². The average Bonchev–Trinajstić information content (AvgIpc) is 2.14. The van der Waals surface area contributed by atoms with Crippen LogP contribution in [0.3, 0.4) is 0 Å². The molecule has 0 saturated heterocycles. The van der Waals surface area contributed by atoms with Crippen molar-refractivity contribution in [1.82, 2.24) is 0 Å². The van der Waals surface area contributed by atoms with Gasteiger partial charge >= 0.3 is 0 Å². The summed E-state index contributed by atoms with van der Waals surface area (Å²) in [7, 11) is 0. The van der Waals surface area contributed by atoms with Crippen LogP contribution in [-0.2, 0) is 12.8 Å². The van der Waals surface area contributed by atoms with E-state index in [-0.39, 0.29) is 5.82 Å². The van der Waals surface area contributed by atoms with Crippen molar-refractivity contribution in [1.29, 1.82) is 0 Å². The Morgan fingerprint density at radius 2 is 1.50 bits per heavy atom. The van der Waals surface area contributed by atoms with E-state index in [1.807, 2.05) is 0 Å². The second-order valence-corrected chi connectivity index (χ2v) is 4.62. The largest absolute Gasteiger partial charge is 0.207 e. The molecule has 0 radical (unpaired) electrons. The second-order valence-electron chi connectivity index (χ2n) is 3.54. The molecule has 0 heterocycles. The van der Waals surface area contributed by atoms with E-state index < -0.39 is 0 Å². The molecule has 1 aromatic carbocycles. The summed E-state index contributed by atoms with van der Waals surface area (Å²) in [4.78, 5) is 0. The van der Waals surface area contributed by atoms with Crippen LogP contribution in [0.2, 0.25) is 0 Å². The summed E-state index contributed by atoms with van der Waals surface area (Å²) in [6.07, 6.45) is 4.11. The van der Waals surface area contributed by atoms with Gasteiger partial charge in [-0.2, -0.15) is 0 Å². The Morgan fingerprint density at radius 1 is 1.07 bits per heavy atom. The molecule has 0 nitrogen and oxygen atoms in total. The molecular weight excluding hydrogens is 290 g/mol. The van der Waals surface area contributed by atoms with Gasteiger partial charge in [0.2, 0.25) is 0 Å². The van der Waals surface area contributed by atoms with Crippen molar-refractivity contribution < 1.29 is 4.39 Å². The Hall–Kier alpha value is -0.120. The van der Waals surface area contributed by atoms with Gasteiger partial charge in [0.05, 0.1) is 0 Å². The van der Waals surface area contributed by atoms with Crippen LogP contribution in [0.15, 0.2) is 12.1 Å². The maximum absolute atomic E-state index is 13.3. The van der Waals surface area contributed by atoms with Crippen LogP contribution in [0.5, 0.6) is 0 Å². The lowest BCUT2D eigenvalue weighted by Gasteiger charge is -2.09. The summed E-state index contributed by atoms with van der Waals surface area (Å²) >= 11 is 2.34. The Labute approximate surface area is 99.0 Å². The van der Waals surface area contributed by atoms with Crippen LogP contribution in [0.1, 0.15) is 37.8 Å². The smallest absolute Gasteiger partial charge is 0.123 e. The predicted octanol–water partition coefficient (Wildman–Crippen LogP) is 4.34. The maximum atomic E-state index is 13.3. The van der Waals surface area contributed by atoms with Crippen LogP contribution in [0.4, 0.5) is 4.39 Å². The number of aryl methyl sites for hydroxylation is 2.